The van der Waals surface area contributed by atoms with Crippen LogP contribution in [0.2, 0.25) is 0 Å². The quantitative estimate of drug-likeness (QED) is 0.564. The molecule has 2 heteroatoms. The van der Waals surface area contributed by atoms with E-state index in [-0.39, 0.29) is 0 Å². The summed E-state index contributed by atoms with van der Waals surface area (Å²) >= 11 is 0. The molecule has 1 N–H and O–H groups in total. The Morgan fingerprint density at radius 1 is 1.56 bits per heavy atom. The van der Waals surface area contributed by atoms with Crippen LogP contribution in [0.1, 0.15) is 19.8 Å². The Bertz CT molecular complexity index is 67.3. The lowest BCUT2D eigenvalue weighted by Crippen LogP contribution is -2.28. The number of rotatable bonds is 1. The summed E-state index contributed by atoms with van der Waals surface area (Å²) in [7, 11) is 0. The molecule has 0 saturated carbocycles. The molecule has 2 nitrogen and oxygen atoms in total. The van der Waals surface area contributed by atoms with E-state index in [1.165, 1.54) is 12.8 Å². The Balaban J connectivity index is 2.18. The first-order chi connectivity index (χ1) is 4.43. The van der Waals surface area contributed by atoms with Crippen LogP contribution in [0.15, 0.2) is 0 Å². The molecule has 0 aromatic rings. The second-order valence-corrected chi connectivity index (χ2v) is 2.46. The summed E-state index contributed by atoms with van der Waals surface area (Å²) in [5, 5.41) is 3.41. The van der Waals surface area contributed by atoms with Gasteiger partial charge in [-0.2, -0.15) is 0 Å². The molecule has 0 aromatic carbocycles. The molecule has 0 aromatic heterocycles. The van der Waals surface area contributed by atoms with Gasteiger partial charge >= 0.3 is 0 Å². The van der Waals surface area contributed by atoms with Gasteiger partial charge in [0, 0.05) is 19.2 Å². The molecular weight excluding hydrogens is 114 g/mol. The van der Waals surface area contributed by atoms with Crippen molar-refractivity contribution in [2.75, 3.05) is 19.8 Å². The van der Waals surface area contributed by atoms with Gasteiger partial charge in [0.2, 0.25) is 0 Å². The van der Waals surface area contributed by atoms with Gasteiger partial charge in [-0.3, -0.25) is 0 Å². The van der Waals surface area contributed by atoms with Gasteiger partial charge in [-0.25, -0.2) is 0 Å². The van der Waals surface area contributed by atoms with Gasteiger partial charge in [0.05, 0.1) is 6.61 Å². The standard InChI is InChI=1S/C7H15NO/c1-2-7-3-5-9-6-4-8-7/h7-8H,2-6H2,1H3. The maximum absolute atomic E-state index is 5.26. The zero-order valence-electron chi connectivity index (χ0n) is 6.02. The molecular formula is C7H15NO. The van der Waals surface area contributed by atoms with E-state index < -0.39 is 0 Å². The van der Waals surface area contributed by atoms with Gasteiger partial charge in [-0.15, -0.1) is 0 Å². The Kier molecular flexibility index (Phi) is 3.01. The Morgan fingerprint density at radius 2 is 2.44 bits per heavy atom. The minimum atomic E-state index is 0.701. The maximum Gasteiger partial charge on any atom is 0.0591 e. The minimum absolute atomic E-state index is 0.701. The van der Waals surface area contributed by atoms with Gasteiger partial charge < -0.3 is 10.1 Å². The summed E-state index contributed by atoms with van der Waals surface area (Å²) in [6.07, 6.45) is 2.40. The average Bonchev–Trinajstić information content (AvgIpc) is 2.13. The summed E-state index contributed by atoms with van der Waals surface area (Å²) < 4.78 is 5.26. The van der Waals surface area contributed by atoms with Crippen molar-refractivity contribution < 1.29 is 4.74 Å². The van der Waals surface area contributed by atoms with E-state index in [2.05, 4.69) is 12.2 Å². The van der Waals surface area contributed by atoms with E-state index in [4.69, 9.17) is 4.74 Å². The molecule has 1 rings (SSSR count). The zero-order valence-corrected chi connectivity index (χ0v) is 6.02. The third-order valence-corrected chi connectivity index (χ3v) is 1.78. The highest BCUT2D eigenvalue weighted by Crippen LogP contribution is 2.00. The van der Waals surface area contributed by atoms with Crippen molar-refractivity contribution in [3.05, 3.63) is 0 Å². The van der Waals surface area contributed by atoms with Crippen LogP contribution in [-0.4, -0.2) is 25.8 Å². The normalized spacial score (nSPS) is 29.7. The minimum Gasteiger partial charge on any atom is -0.380 e. The molecule has 1 atom stereocenters. The van der Waals surface area contributed by atoms with Crippen LogP contribution in [0.4, 0.5) is 0 Å². The van der Waals surface area contributed by atoms with Crippen molar-refractivity contribution >= 4 is 0 Å². The summed E-state index contributed by atoms with van der Waals surface area (Å²) in [5.74, 6) is 0. The van der Waals surface area contributed by atoms with Crippen LogP contribution < -0.4 is 5.32 Å². The monoisotopic (exact) mass is 129 g/mol. The summed E-state index contributed by atoms with van der Waals surface area (Å²) in [6.45, 7) is 5.06. The van der Waals surface area contributed by atoms with Crippen LogP contribution in [0.25, 0.3) is 0 Å². The second-order valence-electron chi connectivity index (χ2n) is 2.46. The lowest BCUT2D eigenvalue weighted by molar-refractivity contribution is 0.149. The van der Waals surface area contributed by atoms with E-state index in [1.807, 2.05) is 0 Å². The molecule has 0 bridgehead atoms. The van der Waals surface area contributed by atoms with Crippen LogP contribution in [-0.2, 0) is 4.74 Å². The molecule has 1 heterocycles. The number of nitrogens with one attached hydrogen (secondary N) is 1. The summed E-state index contributed by atoms with van der Waals surface area (Å²) in [6, 6.07) is 0.701. The third-order valence-electron chi connectivity index (χ3n) is 1.78. The fourth-order valence-electron chi connectivity index (χ4n) is 1.11. The van der Waals surface area contributed by atoms with Crippen LogP contribution in [0.3, 0.4) is 0 Å². The highest BCUT2D eigenvalue weighted by Gasteiger charge is 2.07. The van der Waals surface area contributed by atoms with Crippen molar-refractivity contribution in [2.24, 2.45) is 0 Å². The Morgan fingerprint density at radius 3 is 3.22 bits per heavy atom. The van der Waals surface area contributed by atoms with Crippen molar-refractivity contribution in [1.29, 1.82) is 0 Å². The van der Waals surface area contributed by atoms with E-state index in [1.54, 1.807) is 0 Å². The van der Waals surface area contributed by atoms with Crippen molar-refractivity contribution in [3.63, 3.8) is 0 Å². The second kappa shape index (κ2) is 3.85. The first kappa shape index (κ1) is 7.03. The maximum atomic E-state index is 5.26. The molecule has 1 saturated heterocycles. The molecule has 1 fully saturated rings. The van der Waals surface area contributed by atoms with E-state index >= 15 is 0 Å². The van der Waals surface area contributed by atoms with Gasteiger partial charge in [0.25, 0.3) is 0 Å². The van der Waals surface area contributed by atoms with E-state index in [0.29, 0.717) is 6.04 Å². The Labute approximate surface area is 56.6 Å². The SMILES string of the molecule is CCC1CCOCCN1. The highest BCUT2D eigenvalue weighted by molar-refractivity contribution is 4.66. The smallest absolute Gasteiger partial charge is 0.0591 e. The fraction of sp³-hybridized carbons (Fsp3) is 1.00. The molecule has 9 heavy (non-hydrogen) atoms. The summed E-state index contributed by atoms with van der Waals surface area (Å²) in [4.78, 5) is 0. The molecule has 0 spiro atoms. The van der Waals surface area contributed by atoms with E-state index in [9.17, 15) is 0 Å². The molecule has 1 unspecified atom stereocenters. The fourth-order valence-corrected chi connectivity index (χ4v) is 1.11. The van der Waals surface area contributed by atoms with Crippen molar-refractivity contribution in [3.8, 4) is 0 Å². The van der Waals surface area contributed by atoms with Gasteiger partial charge in [0.1, 0.15) is 0 Å². The highest BCUT2D eigenvalue weighted by atomic mass is 16.5. The van der Waals surface area contributed by atoms with Gasteiger partial charge in [-0.1, -0.05) is 6.92 Å². The molecule has 54 valence electrons. The largest absolute Gasteiger partial charge is 0.380 e. The van der Waals surface area contributed by atoms with Gasteiger partial charge in [0.15, 0.2) is 0 Å². The molecule has 0 amide bonds. The van der Waals surface area contributed by atoms with Crippen molar-refractivity contribution in [1.82, 2.24) is 5.32 Å². The number of ether oxygens (including phenoxy) is 1. The first-order valence-corrected chi connectivity index (χ1v) is 3.74. The van der Waals surface area contributed by atoms with Crippen LogP contribution in [0.5, 0.6) is 0 Å². The topological polar surface area (TPSA) is 21.3 Å². The van der Waals surface area contributed by atoms with E-state index in [0.717, 1.165) is 19.8 Å². The third kappa shape index (κ3) is 2.33. The molecule has 0 aliphatic carbocycles. The predicted octanol–water partition coefficient (Wildman–Crippen LogP) is 0.775. The lowest BCUT2D eigenvalue weighted by Gasteiger charge is -2.10. The number of hydrogen-bond donors (Lipinski definition) is 1. The molecule has 0 radical (unpaired) electrons. The summed E-state index contributed by atoms with van der Waals surface area (Å²) in [5.41, 5.74) is 0. The van der Waals surface area contributed by atoms with Gasteiger partial charge in [-0.05, 0) is 12.8 Å². The van der Waals surface area contributed by atoms with Crippen molar-refractivity contribution in [2.45, 2.75) is 25.8 Å². The average molecular weight is 129 g/mol. The first-order valence-electron chi connectivity index (χ1n) is 3.74. The molecule has 1 aliphatic heterocycles. The van der Waals surface area contributed by atoms with Crippen LogP contribution in [0, 0.1) is 0 Å². The Hall–Kier alpha value is -0.0800. The number of hydrogen-bond acceptors (Lipinski definition) is 2. The lowest BCUT2D eigenvalue weighted by atomic mass is 10.2. The predicted molar refractivity (Wildman–Crippen MR) is 37.5 cm³/mol. The molecule has 1 aliphatic rings. The van der Waals surface area contributed by atoms with Crippen LogP contribution >= 0.6 is 0 Å². The zero-order chi connectivity index (χ0) is 6.53.